The molecule has 0 saturated carbocycles. The van der Waals surface area contributed by atoms with Gasteiger partial charge in [0.25, 0.3) is 0 Å². The third-order valence-electron chi connectivity index (χ3n) is 3.38. The van der Waals surface area contributed by atoms with Gasteiger partial charge in [-0.15, -0.1) is 0 Å². The minimum Gasteiger partial charge on any atom is -0.382 e. The highest BCUT2D eigenvalue weighted by Crippen LogP contribution is 2.22. The fourth-order valence-electron chi connectivity index (χ4n) is 2.18. The number of aliphatic hydroxyl groups excluding tert-OH is 1. The first kappa shape index (κ1) is 12.9. The third kappa shape index (κ3) is 2.82. The molecule has 1 atom stereocenters. The summed E-state index contributed by atoms with van der Waals surface area (Å²) in [5.41, 5.74) is 3.23. The van der Waals surface area contributed by atoms with Crippen LogP contribution in [0, 0.1) is 0 Å². The lowest BCUT2D eigenvalue weighted by Gasteiger charge is -2.13. The fourth-order valence-corrected chi connectivity index (χ4v) is 2.18. The molecule has 0 spiro atoms. The predicted octanol–water partition coefficient (Wildman–Crippen LogP) is 3.45. The van der Waals surface area contributed by atoms with Crippen LogP contribution in [0.2, 0.25) is 0 Å². The van der Waals surface area contributed by atoms with Gasteiger partial charge in [-0.05, 0) is 36.1 Å². The second-order valence-electron chi connectivity index (χ2n) is 4.79. The van der Waals surface area contributed by atoms with Gasteiger partial charge in [0, 0.05) is 13.2 Å². The van der Waals surface area contributed by atoms with Crippen molar-refractivity contribution in [3.8, 4) is 0 Å². The monoisotopic (exact) mass is 243 g/mol. The lowest BCUT2D eigenvalue weighted by Crippen LogP contribution is -2.05. The zero-order valence-electron chi connectivity index (χ0n) is 11.1. The Morgan fingerprint density at radius 3 is 2.44 bits per heavy atom. The van der Waals surface area contributed by atoms with Gasteiger partial charge in [-0.3, -0.25) is 0 Å². The summed E-state index contributed by atoms with van der Waals surface area (Å²) in [6.07, 6.45) is 4.98. The SMILES string of the molecule is CCCCc1ccc(C(O)c2cccn2C)cc1. The number of aliphatic hydroxyl groups is 1. The van der Waals surface area contributed by atoms with Crippen LogP contribution in [0.25, 0.3) is 0 Å². The van der Waals surface area contributed by atoms with Crippen LogP contribution in [0.15, 0.2) is 42.6 Å². The third-order valence-corrected chi connectivity index (χ3v) is 3.38. The van der Waals surface area contributed by atoms with Gasteiger partial charge in [0.15, 0.2) is 0 Å². The average Bonchev–Trinajstić information content (AvgIpc) is 2.82. The lowest BCUT2D eigenvalue weighted by atomic mass is 10.0. The van der Waals surface area contributed by atoms with Crippen molar-refractivity contribution < 1.29 is 5.11 Å². The molecule has 0 bridgehead atoms. The molecule has 2 aromatic rings. The van der Waals surface area contributed by atoms with Crippen molar-refractivity contribution in [1.82, 2.24) is 4.57 Å². The Morgan fingerprint density at radius 2 is 1.89 bits per heavy atom. The summed E-state index contributed by atoms with van der Waals surface area (Å²) >= 11 is 0. The van der Waals surface area contributed by atoms with Crippen LogP contribution in [0.5, 0.6) is 0 Å². The molecule has 1 aromatic heterocycles. The minimum atomic E-state index is -0.537. The predicted molar refractivity (Wildman–Crippen MR) is 74.5 cm³/mol. The van der Waals surface area contributed by atoms with E-state index in [1.165, 1.54) is 18.4 Å². The average molecular weight is 243 g/mol. The van der Waals surface area contributed by atoms with E-state index in [0.717, 1.165) is 17.7 Å². The van der Waals surface area contributed by atoms with Crippen LogP contribution < -0.4 is 0 Å². The second-order valence-corrected chi connectivity index (χ2v) is 4.79. The van der Waals surface area contributed by atoms with Crippen molar-refractivity contribution >= 4 is 0 Å². The number of hydrogen-bond acceptors (Lipinski definition) is 1. The van der Waals surface area contributed by atoms with Gasteiger partial charge >= 0.3 is 0 Å². The molecule has 0 fully saturated rings. The van der Waals surface area contributed by atoms with E-state index >= 15 is 0 Å². The van der Waals surface area contributed by atoms with Gasteiger partial charge in [-0.2, -0.15) is 0 Å². The number of hydrogen-bond donors (Lipinski definition) is 1. The molecule has 1 unspecified atom stereocenters. The molecule has 0 saturated heterocycles. The normalized spacial score (nSPS) is 12.6. The van der Waals surface area contributed by atoms with Crippen molar-refractivity contribution in [2.75, 3.05) is 0 Å². The molecule has 1 N–H and O–H groups in total. The van der Waals surface area contributed by atoms with E-state index in [9.17, 15) is 5.11 Å². The van der Waals surface area contributed by atoms with E-state index in [2.05, 4.69) is 19.1 Å². The largest absolute Gasteiger partial charge is 0.382 e. The summed E-state index contributed by atoms with van der Waals surface area (Å²) in [6.45, 7) is 2.20. The molecule has 1 heterocycles. The molecule has 0 aliphatic rings. The van der Waals surface area contributed by atoms with Gasteiger partial charge in [0.2, 0.25) is 0 Å². The van der Waals surface area contributed by atoms with E-state index in [1.807, 2.05) is 42.1 Å². The molecule has 1 aromatic carbocycles. The number of unbranched alkanes of at least 4 members (excludes halogenated alkanes) is 1. The van der Waals surface area contributed by atoms with Crippen molar-refractivity contribution in [3.05, 3.63) is 59.4 Å². The Kier molecular flexibility index (Phi) is 4.21. The highest BCUT2D eigenvalue weighted by Gasteiger charge is 2.12. The van der Waals surface area contributed by atoms with Crippen LogP contribution in [0.3, 0.4) is 0 Å². The summed E-state index contributed by atoms with van der Waals surface area (Å²) in [6, 6.07) is 12.2. The minimum absolute atomic E-state index is 0.537. The van der Waals surface area contributed by atoms with Gasteiger partial charge in [-0.25, -0.2) is 0 Å². The summed E-state index contributed by atoms with van der Waals surface area (Å²) in [4.78, 5) is 0. The summed E-state index contributed by atoms with van der Waals surface area (Å²) in [7, 11) is 1.95. The van der Waals surface area contributed by atoms with Crippen LogP contribution in [-0.2, 0) is 13.5 Å². The molecular weight excluding hydrogens is 222 g/mol. The van der Waals surface area contributed by atoms with E-state index in [1.54, 1.807) is 0 Å². The zero-order chi connectivity index (χ0) is 13.0. The van der Waals surface area contributed by atoms with Gasteiger partial charge in [0.1, 0.15) is 6.10 Å². The van der Waals surface area contributed by atoms with Gasteiger partial charge in [0.05, 0.1) is 5.69 Å². The number of benzene rings is 1. The smallest absolute Gasteiger partial charge is 0.119 e. The standard InChI is InChI=1S/C16H21NO/c1-3-4-6-13-8-10-14(11-9-13)16(18)15-7-5-12-17(15)2/h5,7-12,16,18H,3-4,6H2,1-2H3. The van der Waals surface area contributed by atoms with Crippen molar-refractivity contribution in [2.45, 2.75) is 32.3 Å². The Morgan fingerprint density at radius 1 is 1.17 bits per heavy atom. The zero-order valence-corrected chi connectivity index (χ0v) is 11.1. The van der Waals surface area contributed by atoms with Crippen LogP contribution >= 0.6 is 0 Å². The Balaban J connectivity index is 2.12. The Bertz CT molecular complexity index is 484. The number of rotatable bonds is 5. The molecule has 2 nitrogen and oxygen atoms in total. The first-order chi connectivity index (χ1) is 8.72. The van der Waals surface area contributed by atoms with Crippen molar-refractivity contribution in [1.29, 1.82) is 0 Å². The molecular formula is C16H21NO. The molecule has 96 valence electrons. The Labute approximate surface area is 109 Å². The lowest BCUT2D eigenvalue weighted by molar-refractivity contribution is 0.211. The van der Waals surface area contributed by atoms with E-state index < -0.39 is 6.10 Å². The molecule has 2 rings (SSSR count). The maximum atomic E-state index is 10.3. The number of nitrogens with zero attached hydrogens (tertiary/aromatic N) is 1. The van der Waals surface area contributed by atoms with E-state index in [-0.39, 0.29) is 0 Å². The van der Waals surface area contributed by atoms with Crippen LogP contribution in [0.1, 0.15) is 42.7 Å². The van der Waals surface area contributed by atoms with Crippen molar-refractivity contribution in [2.24, 2.45) is 7.05 Å². The van der Waals surface area contributed by atoms with E-state index in [4.69, 9.17) is 0 Å². The Hall–Kier alpha value is -1.54. The maximum Gasteiger partial charge on any atom is 0.119 e. The summed E-state index contributed by atoms with van der Waals surface area (Å²) in [5, 5.41) is 10.3. The number of aryl methyl sites for hydroxylation is 2. The molecule has 0 amide bonds. The molecule has 2 heteroatoms. The molecule has 18 heavy (non-hydrogen) atoms. The highest BCUT2D eigenvalue weighted by molar-refractivity contribution is 5.29. The maximum absolute atomic E-state index is 10.3. The number of aromatic nitrogens is 1. The molecule has 0 aliphatic heterocycles. The molecule has 0 aliphatic carbocycles. The first-order valence-electron chi connectivity index (χ1n) is 6.60. The topological polar surface area (TPSA) is 25.2 Å². The fraction of sp³-hybridized carbons (Fsp3) is 0.375. The first-order valence-corrected chi connectivity index (χ1v) is 6.60. The van der Waals surface area contributed by atoms with E-state index in [0.29, 0.717) is 0 Å². The highest BCUT2D eigenvalue weighted by atomic mass is 16.3. The van der Waals surface area contributed by atoms with Crippen molar-refractivity contribution in [3.63, 3.8) is 0 Å². The quantitative estimate of drug-likeness (QED) is 0.855. The van der Waals surface area contributed by atoms with Crippen LogP contribution in [-0.4, -0.2) is 9.67 Å². The second kappa shape index (κ2) is 5.87. The summed E-state index contributed by atoms with van der Waals surface area (Å²) < 4.78 is 1.95. The van der Waals surface area contributed by atoms with Crippen LogP contribution in [0.4, 0.5) is 0 Å². The van der Waals surface area contributed by atoms with Gasteiger partial charge < -0.3 is 9.67 Å². The van der Waals surface area contributed by atoms with Gasteiger partial charge in [-0.1, -0.05) is 37.6 Å². The summed E-state index contributed by atoms with van der Waals surface area (Å²) in [5.74, 6) is 0. The molecule has 0 radical (unpaired) electrons.